The molecule has 0 unspecified atom stereocenters. The van der Waals surface area contributed by atoms with Gasteiger partial charge in [0.1, 0.15) is 10.8 Å². The lowest BCUT2D eigenvalue weighted by Gasteiger charge is -2.06. The second-order valence-electron chi connectivity index (χ2n) is 4.49. The van der Waals surface area contributed by atoms with Crippen LogP contribution in [0.5, 0.6) is 0 Å². The SMILES string of the molecule is Cc1ccc(NCc2csc(-c3ccsc3)n2)c(F)c1. The third kappa shape index (κ3) is 2.89. The third-order valence-corrected chi connectivity index (χ3v) is 4.53. The van der Waals surface area contributed by atoms with Crippen molar-refractivity contribution in [2.45, 2.75) is 13.5 Å². The quantitative estimate of drug-likeness (QED) is 0.739. The van der Waals surface area contributed by atoms with Crippen molar-refractivity contribution in [2.75, 3.05) is 5.32 Å². The Balaban J connectivity index is 1.70. The maximum Gasteiger partial charge on any atom is 0.146 e. The zero-order chi connectivity index (χ0) is 13.9. The molecule has 0 aliphatic carbocycles. The second-order valence-corrected chi connectivity index (χ2v) is 6.13. The number of aryl methyl sites for hydroxylation is 1. The molecule has 0 radical (unpaired) electrons. The minimum atomic E-state index is -0.224. The van der Waals surface area contributed by atoms with Crippen LogP contribution >= 0.6 is 22.7 Å². The molecule has 5 heteroatoms. The predicted molar refractivity (Wildman–Crippen MR) is 83.9 cm³/mol. The molecule has 20 heavy (non-hydrogen) atoms. The first kappa shape index (κ1) is 13.3. The topological polar surface area (TPSA) is 24.9 Å². The Morgan fingerprint density at radius 2 is 2.15 bits per heavy atom. The van der Waals surface area contributed by atoms with Gasteiger partial charge in [0.2, 0.25) is 0 Å². The van der Waals surface area contributed by atoms with Crippen LogP contribution in [0.25, 0.3) is 10.6 Å². The highest BCUT2D eigenvalue weighted by Crippen LogP contribution is 2.26. The number of nitrogens with one attached hydrogen (secondary N) is 1. The number of hydrogen-bond acceptors (Lipinski definition) is 4. The molecule has 0 bridgehead atoms. The first-order valence-corrected chi connectivity index (χ1v) is 8.01. The average molecular weight is 304 g/mol. The van der Waals surface area contributed by atoms with Crippen LogP contribution in [0.4, 0.5) is 10.1 Å². The summed E-state index contributed by atoms with van der Waals surface area (Å²) in [5, 5.41) is 10.2. The van der Waals surface area contributed by atoms with E-state index in [0.717, 1.165) is 21.8 Å². The Hall–Kier alpha value is -1.72. The summed E-state index contributed by atoms with van der Waals surface area (Å²) in [5.74, 6) is -0.224. The van der Waals surface area contributed by atoms with Crippen molar-refractivity contribution in [2.24, 2.45) is 0 Å². The summed E-state index contributed by atoms with van der Waals surface area (Å²) in [7, 11) is 0. The normalized spacial score (nSPS) is 10.7. The lowest BCUT2D eigenvalue weighted by atomic mass is 10.2. The van der Waals surface area contributed by atoms with Crippen LogP contribution in [0.2, 0.25) is 0 Å². The van der Waals surface area contributed by atoms with Crippen LogP contribution < -0.4 is 5.32 Å². The number of halogens is 1. The van der Waals surface area contributed by atoms with Crippen molar-refractivity contribution in [1.82, 2.24) is 4.98 Å². The molecule has 2 aromatic heterocycles. The number of rotatable bonds is 4. The largest absolute Gasteiger partial charge is 0.377 e. The second kappa shape index (κ2) is 5.73. The van der Waals surface area contributed by atoms with Crippen molar-refractivity contribution in [3.05, 3.63) is 57.5 Å². The van der Waals surface area contributed by atoms with Gasteiger partial charge in [-0.3, -0.25) is 0 Å². The maximum absolute atomic E-state index is 13.7. The van der Waals surface area contributed by atoms with Gasteiger partial charge >= 0.3 is 0 Å². The van der Waals surface area contributed by atoms with Crippen molar-refractivity contribution < 1.29 is 4.39 Å². The van der Waals surface area contributed by atoms with Gasteiger partial charge in [-0.05, 0) is 36.1 Å². The lowest BCUT2D eigenvalue weighted by molar-refractivity contribution is 0.629. The Morgan fingerprint density at radius 3 is 2.90 bits per heavy atom. The highest BCUT2D eigenvalue weighted by Gasteiger charge is 2.06. The number of hydrogen-bond donors (Lipinski definition) is 1. The van der Waals surface area contributed by atoms with Crippen LogP contribution in [0.3, 0.4) is 0 Å². The van der Waals surface area contributed by atoms with E-state index < -0.39 is 0 Å². The third-order valence-electron chi connectivity index (χ3n) is 2.90. The van der Waals surface area contributed by atoms with Crippen LogP contribution in [0, 0.1) is 12.7 Å². The van der Waals surface area contributed by atoms with Crippen LogP contribution in [0.1, 0.15) is 11.3 Å². The molecule has 3 aromatic rings. The molecular formula is C15H13FN2S2. The molecular weight excluding hydrogens is 291 g/mol. The number of aromatic nitrogens is 1. The molecule has 2 heterocycles. The summed E-state index contributed by atoms with van der Waals surface area (Å²) in [6.45, 7) is 2.40. The van der Waals surface area contributed by atoms with Gasteiger partial charge in [-0.2, -0.15) is 11.3 Å². The van der Waals surface area contributed by atoms with Crippen molar-refractivity contribution in [3.63, 3.8) is 0 Å². The molecule has 1 aromatic carbocycles. The van der Waals surface area contributed by atoms with Gasteiger partial charge in [-0.1, -0.05) is 6.07 Å². The molecule has 102 valence electrons. The van der Waals surface area contributed by atoms with Gasteiger partial charge < -0.3 is 5.32 Å². The smallest absolute Gasteiger partial charge is 0.146 e. The molecule has 1 N–H and O–H groups in total. The van der Waals surface area contributed by atoms with E-state index in [2.05, 4.69) is 21.7 Å². The van der Waals surface area contributed by atoms with E-state index in [1.54, 1.807) is 28.7 Å². The molecule has 2 nitrogen and oxygen atoms in total. The summed E-state index contributed by atoms with van der Waals surface area (Å²) in [6.07, 6.45) is 0. The van der Waals surface area contributed by atoms with E-state index in [-0.39, 0.29) is 5.82 Å². The highest BCUT2D eigenvalue weighted by molar-refractivity contribution is 7.14. The molecule has 0 spiro atoms. The van der Waals surface area contributed by atoms with Crippen molar-refractivity contribution in [1.29, 1.82) is 0 Å². The van der Waals surface area contributed by atoms with E-state index in [0.29, 0.717) is 12.2 Å². The zero-order valence-corrected chi connectivity index (χ0v) is 12.5. The van der Waals surface area contributed by atoms with E-state index in [4.69, 9.17) is 0 Å². The molecule has 0 fully saturated rings. The zero-order valence-electron chi connectivity index (χ0n) is 10.9. The number of benzene rings is 1. The summed E-state index contributed by atoms with van der Waals surface area (Å²) in [4.78, 5) is 4.56. The molecule has 0 aliphatic rings. The Kier molecular flexibility index (Phi) is 3.80. The van der Waals surface area contributed by atoms with Gasteiger partial charge in [0.25, 0.3) is 0 Å². The van der Waals surface area contributed by atoms with E-state index in [1.165, 1.54) is 6.07 Å². The first-order chi connectivity index (χ1) is 9.72. The number of anilines is 1. The number of thiazole rings is 1. The van der Waals surface area contributed by atoms with E-state index in [1.807, 2.05) is 23.8 Å². The maximum atomic E-state index is 13.7. The molecule has 0 saturated heterocycles. The predicted octanol–water partition coefficient (Wildman–Crippen LogP) is 4.93. The van der Waals surface area contributed by atoms with E-state index in [9.17, 15) is 4.39 Å². The number of thiophene rings is 1. The van der Waals surface area contributed by atoms with Gasteiger partial charge in [-0.25, -0.2) is 9.37 Å². The monoisotopic (exact) mass is 304 g/mol. The fourth-order valence-electron chi connectivity index (χ4n) is 1.86. The lowest BCUT2D eigenvalue weighted by Crippen LogP contribution is -2.01. The van der Waals surface area contributed by atoms with Gasteiger partial charge in [0.05, 0.1) is 17.9 Å². The standard InChI is InChI=1S/C15H13FN2S2/c1-10-2-3-14(13(16)6-10)17-7-12-9-20-15(18-12)11-4-5-19-8-11/h2-6,8-9,17H,7H2,1H3. The molecule has 0 aliphatic heterocycles. The van der Waals surface area contributed by atoms with Crippen LogP contribution in [-0.4, -0.2) is 4.98 Å². The minimum Gasteiger partial charge on any atom is -0.377 e. The van der Waals surface area contributed by atoms with Crippen molar-refractivity contribution >= 4 is 28.4 Å². The molecule has 0 atom stereocenters. The van der Waals surface area contributed by atoms with Gasteiger partial charge in [0.15, 0.2) is 0 Å². The molecule has 0 amide bonds. The van der Waals surface area contributed by atoms with Crippen LogP contribution in [0.15, 0.2) is 40.4 Å². The summed E-state index contributed by atoms with van der Waals surface area (Å²) in [5.41, 5.74) is 3.51. The Labute approximate surface area is 124 Å². The minimum absolute atomic E-state index is 0.224. The molecule has 0 saturated carbocycles. The average Bonchev–Trinajstić information content (AvgIpc) is 3.08. The highest BCUT2D eigenvalue weighted by atomic mass is 32.1. The van der Waals surface area contributed by atoms with Gasteiger partial charge in [0, 0.05) is 16.3 Å². The number of nitrogens with zero attached hydrogens (tertiary/aromatic N) is 1. The first-order valence-electron chi connectivity index (χ1n) is 6.19. The summed E-state index contributed by atoms with van der Waals surface area (Å²) < 4.78 is 13.7. The van der Waals surface area contributed by atoms with E-state index >= 15 is 0 Å². The summed E-state index contributed by atoms with van der Waals surface area (Å²) >= 11 is 3.27. The van der Waals surface area contributed by atoms with Crippen LogP contribution in [-0.2, 0) is 6.54 Å². The Morgan fingerprint density at radius 1 is 1.25 bits per heavy atom. The Bertz CT molecular complexity index is 704. The molecule has 3 rings (SSSR count). The van der Waals surface area contributed by atoms with Gasteiger partial charge in [-0.15, -0.1) is 11.3 Å². The summed E-state index contributed by atoms with van der Waals surface area (Å²) in [6, 6.07) is 7.24. The fourth-order valence-corrected chi connectivity index (χ4v) is 3.39. The fraction of sp³-hybridized carbons (Fsp3) is 0.133. The van der Waals surface area contributed by atoms with Crippen molar-refractivity contribution in [3.8, 4) is 10.6 Å².